The first-order valence-electron chi connectivity index (χ1n) is 12.3. The normalized spacial score (nSPS) is 15.0. The number of Topliss-reactive ketones (excluding diaryl/α,β-unsaturated/α-hetero) is 1. The summed E-state index contributed by atoms with van der Waals surface area (Å²) in [6, 6.07) is 20.3. The summed E-state index contributed by atoms with van der Waals surface area (Å²) in [5, 5.41) is 19.9. The molecule has 3 aromatic carbocycles. The molecule has 1 aliphatic rings. The number of nitrogens with zero attached hydrogens (tertiary/aromatic N) is 1. The number of ether oxygens (including phenoxy) is 2. The van der Waals surface area contributed by atoms with Gasteiger partial charge in [0.1, 0.15) is 34.7 Å². The average molecular weight is 476 g/mol. The van der Waals surface area contributed by atoms with Crippen LogP contribution in [0.1, 0.15) is 60.2 Å². The van der Waals surface area contributed by atoms with E-state index in [1.165, 1.54) is 11.6 Å². The minimum Gasteiger partial charge on any atom is -0.508 e. The van der Waals surface area contributed by atoms with E-state index >= 15 is 0 Å². The molecular weight excluding hydrogens is 442 g/mol. The van der Waals surface area contributed by atoms with Crippen molar-refractivity contribution in [1.29, 1.82) is 0 Å². The van der Waals surface area contributed by atoms with E-state index in [2.05, 4.69) is 36.1 Å². The van der Waals surface area contributed by atoms with E-state index in [-0.39, 0.29) is 29.3 Å². The van der Waals surface area contributed by atoms with Gasteiger partial charge in [-0.15, -0.1) is 0 Å². The molecular formula is C29H33NO5. The first kappa shape index (κ1) is 24.6. The number of hydrogen-bond acceptors (Lipinski definition) is 6. The fraction of sp³-hybridized carbons (Fsp3) is 0.345. The number of carbonyl (C=O) groups is 1. The van der Waals surface area contributed by atoms with Crippen LogP contribution in [0.3, 0.4) is 0 Å². The standard InChI is InChI=1S/C29H33NO5/c1-2-30(20-21-9-5-3-6-10-21)15-7-4-8-16-34-24-17-25(32)29-26(33)19-27(35-28(29)18-24)22-11-13-23(31)14-12-22/h3,5-6,9-14,17-18,27,31-32H,2,4,7-8,15-16,19-20H2,1H3. The van der Waals surface area contributed by atoms with Gasteiger partial charge < -0.3 is 19.7 Å². The van der Waals surface area contributed by atoms with Gasteiger partial charge in [0.15, 0.2) is 5.78 Å². The molecule has 0 aliphatic carbocycles. The van der Waals surface area contributed by atoms with E-state index in [1.54, 1.807) is 30.3 Å². The maximum atomic E-state index is 12.7. The second-order valence-corrected chi connectivity index (χ2v) is 8.90. The van der Waals surface area contributed by atoms with Crippen molar-refractivity contribution in [3.63, 3.8) is 0 Å². The van der Waals surface area contributed by atoms with Crippen molar-refractivity contribution in [3.05, 3.63) is 83.4 Å². The van der Waals surface area contributed by atoms with Gasteiger partial charge in [-0.05, 0) is 55.6 Å². The van der Waals surface area contributed by atoms with Crippen LogP contribution in [-0.2, 0) is 6.54 Å². The molecule has 0 bridgehead atoms. The zero-order valence-corrected chi connectivity index (χ0v) is 20.2. The summed E-state index contributed by atoms with van der Waals surface area (Å²) in [5.41, 5.74) is 2.32. The highest BCUT2D eigenvalue weighted by Gasteiger charge is 2.31. The lowest BCUT2D eigenvalue weighted by molar-refractivity contribution is 0.0844. The molecule has 1 heterocycles. The van der Waals surface area contributed by atoms with Gasteiger partial charge in [-0.1, -0.05) is 49.4 Å². The van der Waals surface area contributed by atoms with Crippen LogP contribution in [-0.4, -0.2) is 40.6 Å². The molecule has 6 heteroatoms. The number of phenols is 2. The van der Waals surface area contributed by atoms with Gasteiger partial charge in [0.05, 0.1) is 13.0 Å². The molecule has 0 saturated carbocycles. The Morgan fingerprint density at radius 3 is 2.51 bits per heavy atom. The molecule has 35 heavy (non-hydrogen) atoms. The lowest BCUT2D eigenvalue weighted by Gasteiger charge is -2.26. The average Bonchev–Trinajstić information content (AvgIpc) is 2.86. The molecule has 0 amide bonds. The Morgan fingerprint density at radius 1 is 1.00 bits per heavy atom. The highest BCUT2D eigenvalue weighted by molar-refractivity contribution is 6.02. The molecule has 184 valence electrons. The maximum absolute atomic E-state index is 12.7. The number of rotatable bonds is 11. The zero-order chi connectivity index (χ0) is 24.6. The van der Waals surface area contributed by atoms with Crippen molar-refractivity contribution in [2.75, 3.05) is 19.7 Å². The summed E-state index contributed by atoms with van der Waals surface area (Å²) in [6.45, 7) is 5.74. The Balaban J connectivity index is 1.26. The van der Waals surface area contributed by atoms with Crippen LogP contribution in [0.5, 0.6) is 23.0 Å². The van der Waals surface area contributed by atoms with E-state index in [9.17, 15) is 15.0 Å². The molecule has 0 aromatic heterocycles. The quantitative estimate of drug-likeness (QED) is 0.338. The summed E-state index contributed by atoms with van der Waals surface area (Å²) in [6.07, 6.45) is 2.69. The van der Waals surface area contributed by atoms with Crippen LogP contribution in [0.15, 0.2) is 66.7 Å². The minimum atomic E-state index is -0.470. The lowest BCUT2D eigenvalue weighted by atomic mass is 9.95. The van der Waals surface area contributed by atoms with Gasteiger partial charge in [-0.25, -0.2) is 0 Å². The highest BCUT2D eigenvalue weighted by atomic mass is 16.5. The fourth-order valence-corrected chi connectivity index (χ4v) is 4.37. The van der Waals surface area contributed by atoms with Crippen molar-refractivity contribution >= 4 is 5.78 Å². The Morgan fingerprint density at radius 2 is 1.77 bits per heavy atom. The van der Waals surface area contributed by atoms with Gasteiger partial charge in [0.25, 0.3) is 0 Å². The first-order valence-corrected chi connectivity index (χ1v) is 12.3. The summed E-state index contributed by atoms with van der Waals surface area (Å²) in [4.78, 5) is 15.1. The molecule has 2 N–H and O–H groups in total. The van der Waals surface area contributed by atoms with Gasteiger partial charge in [-0.3, -0.25) is 9.69 Å². The number of benzene rings is 3. The Kier molecular flexibility index (Phi) is 8.27. The predicted octanol–water partition coefficient (Wildman–Crippen LogP) is 5.88. The zero-order valence-electron chi connectivity index (χ0n) is 20.2. The van der Waals surface area contributed by atoms with Crippen LogP contribution >= 0.6 is 0 Å². The summed E-state index contributed by atoms with van der Waals surface area (Å²) >= 11 is 0. The molecule has 0 spiro atoms. The number of carbonyl (C=O) groups excluding carboxylic acids is 1. The van der Waals surface area contributed by atoms with Gasteiger partial charge in [0, 0.05) is 18.7 Å². The van der Waals surface area contributed by atoms with E-state index in [1.807, 2.05) is 6.07 Å². The van der Waals surface area contributed by atoms with Crippen LogP contribution in [0.2, 0.25) is 0 Å². The lowest BCUT2D eigenvalue weighted by Crippen LogP contribution is -2.24. The Hall–Kier alpha value is -3.51. The summed E-state index contributed by atoms with van der Waals surface area (Å²) < 4.78 is 11.9. The highest BCUT2D eigenvalue weighted by Crippen LogP contribution is 2.42. The Bertz CT molecular complexity index is 1110. The van der Waals surface area contributed by atoms with Crippen molar-refractivity contribution in [2.24, 2.45) is 0 Å². The topological polar surface area (TPSA) is 79.2 Å². The number of fused-ring (bicyclic) bond motifs is 1. The third-order valence-electron chi connectivity index (χ3n) is 6.32. The Labute approximate surface area is 206 Å². The minimum absolute atomic E-state index is 0.119. The van der Waals surface area contributed by atoms with Crippen molar-refractivity contribution in [3.8, 4) is 23.0 Å². The largest absolute Gasteiger partial charge is 0.508 e. The maximum Gasteiger partial charge on any atom is 0.174 e. The van der Waals surface area contributed by atoms with Gasteiger partial charge >= 0.3 is 0 Å². The van der Waals surface area contributed by atoms with Crippen molar-refractivity contribution < 1.29 is 24.5 Å². The van der Waals surface area contributed by atoms with Gasteiger partial charge in [0.2, 0.25) is 0 Å². The number of aromatic hydroxyl groups is 2. The fourth-order valence-electron chi connectivity index (χ4n) is 4.37. The van der Waals surface area contributed by atoms with Crippen LogP contribution in [0.4, 0.5) is 0 Å². The molecule has 1 atom stereocenters. The molecule has 0 radical (unpaired) electrons. The smallest absolute Gasteiger partial charge is 0.174 e. The summed E-state index contributed by atoms with van der Waals surface area (Å²) in [5.74, 6) is 0.673. The molecule has 1 aliphatic heterocycles. The number of phenolic OH excluding ortho intramolecular Hbond substituents is 2. The second kappa shape index (κ2) is 11.8. The SMILES string of the molecule is CCN(CCCCCOc1cc(O)c2c(c1)OC(c1ccc(O)cc1)CC2=O)Cc1ccccc1. The van der Waals surface area contributed by atoms with Crippen molar-refractivity contribution in [1.82, 2.24) is 4.90 Å². The van der Waals surface area contributed by atoms with Crippen LogP contribution in [0.25, 0.3) is 0 Å². The van der Waals surface area contributed by atoms with Gasteiger partial charge in [-0.2, -0.15) is 0 Å². The van der Waals surface area contributed by atoms with E-state index in [0.29, 0.717) is 18.1 Å². The molecule has 6 nitrogen and oxygen atoms in total. The molecule has 3 aromatic rings. The predicted molar refractivity (Wildman–Crippen MR) is 135 cm³/mol. The number of ketones is 1. The third kappa shape index (κ3) is 6.55. The number of unbranched alkanes of at least 4 members (excludes halogenated alkanes) is 2. The third-order valence-corrected chi connectivity index (χ3v) is 6.32. The summed E-state index contributed by atoms with van der Waals surface area (Å²) in [7, 11) is 0. The first-order chi connectivity index (χ1) is 17.0. The monoisotopic (exact) mass is 475 g/mol. The molecule has 4 rings (SSSR count). The van der Waals surface area contributed by atoms with E-state index in [4.69, 9.17) is 9.47 Å². The molecule has 1 unspecified atom stereocenters. The van der Waals surface area contributed by atoms with E-state index in [0.717, 1.165) is 44.5 Å². The molecule has 0 fully saturated rings. The second-order valence-electron chi connectivity index (χ2n) is 8.90. The van der Waals surface area contributed by atoms with Crippen LogP contribution < -0.4 is 9.47 Å². The molecule has 0 saturated heterocycles. The van der Waals surface area contributed by atoms with E-state index < -0.39 is 6.10 Å². The number of hydrogen-bond donors (Lipinski definition) is 2. The van der Waals surface area contributed by atoms with Crippen LogP contribution in [0, 0.1) is 0 Å². The van der Waals surface area contributed by atoms with Crippen molar-refractivity contribution in [2.45, 2.75) is 45.3 Å².